The molecule has 0 fully saturated rings. The fourth-order valence-electron chi connectivity index (χ4n) is 2.05. The van der Waals surface area contributed by atoms with Crippen LogP contribution in [0.25, 0.3) is 0 Å². The number of carbonyl (C=O) groups is 1. The third-order valence-electron chi connectivity index (χ3n) is 3.33. The van der Waals surface area contributed by atoms with Crippen molar-refractivity contribution in [3.05, 3.63) is 78.1 Å². The molecule has 6 heteroatoms. The third-order valence-corrected chi connectivity index (χ3v) is 5.87. The highest BCUT2D eigenvalue weighted by Gasteiger charge is 2.23. The van der Waals surface area contributed by atoms with Crippen LogP contribution in [0.4, 0.5) is 0 Å². The van der Waals surface area contributed by atoms with Gasteiger partial charge < -0.3 is 4.42 Å². The van der Waals surface area contributed by atoms with Crippen molar-refractivity contribution < 1.29 is 17.6 Å². The minimum absolute atomic E-state index is 0.00933. The Morgan fingerprint density at radius 2 is 1.58 bits per heavy atom. The lowest BCUT2D eigenvalue weighted by atomic mass is 10.2. The van der Waals surface area contributed by atoms with Gasteiger partial charge in [-0.3, -0.25) is 4.79 Å². The molecule has 0 aliphatic carbocycles. The van der Waals surface area contributed by atoms with E-state index in [1.807, 2.05) is 31.2 Å². The summed E-state index contributed by atoms with van der Waals surface area (Å²) in [6, 6.07) is 18.2. The summed E-state index contributed by atoms with van der Waals surface area (Å²) < 4.78 is 30.2. The normalized spacial score (nSPS) is 11.4. The molecule has 1 aromatic heterocycles. The number of hydrogen-bond acceptors (Lipinski definition) is 5. The van der Waals surface area contributed by atoms with Crippen LogP contribution in [0.15, 0.2) is 86.0 Å². The fourth-order valence-corrected chi connectivity index (χ4v) is 3.94. The second-order valence-electron chi connectivity index (χ2n) is 5.14. The maximum Gasteiger partial charge on any atom is 0.259 e. The van der Waals surface area contributed by atoms with Crippen LogP contribution in [0.5, 0.6) is 0 Å². The van der Waals surface area contributed by atoms with E-state index in [0.717, 1.165) is 22.2 Å². The van der Waals surface area contributed by atoms with Gasteiger partial charge in [0.25, 0.3) is 5.12 Å². The predicted molar refractivity (Wildman–Crippen MR) is 92.0 cm³/mol. The van der Waals surface area contributed by atoms with Crippen molar-refractivity contribution in [2.45, 2.75) is 21.8 Å². The van der Waals surface area contributed by atoms with Gasteiger partial charge in [0.05, 0.1) is 4.90 Å². The molecule has 0 saturated heterocycles. The molecule has 122 valence electrons. The molecule has 0 aliphatic heterocycles. The fraction of sp³-hybridized carbons (Fsp3) is 0.0556. The van der Waals surface area contributed by atoms with E-state index in [0.29, 0.717) is 0 Å². The van der Waals surface area contributed by atoms with Gasteiger partial charge in [-0.2, -0.15) is 0 Å². The summed E-state index contributed by atoms with van der Waals surface area (Å²) >= 11 is 0.998. The van der Waals surface area contributed by atoms with E-state index < -0.39 is 9.84 Å². The van der Waals surface area contributed by atoms with Crippen LogP contribution in [0.1, 0.15) is 16.1 Å². The summed E-state index contributed by atoms with van der Waals surface area (Å²) in [7, 11) is -3.76. The number of aryl methyl sites for hydroxylation is 1. The van der Waals surface area contributed by atoms with Crippen molar-refractivity contribution in [3.8, 4) is 0 Å². The van der Waals surface area contributed by atoms with Crippen molar-refractivity contribution in [3.63, 3.8) is 0 Å². The van der Waals surface area contributed by atoms with Gasteiger partial charge in [0.1, 0.15) is 0 Å². The predicted octanol–water partition coefficient (Wildman–Crippen LogP) is 4.35. The van der Waals surface area contributed by atoms with Gasteiger partial charge in [-0.1, -0.05) is 35.9 Å². The second kappa shape index (κ2) is 6.67. The zero-order valence-corrected chi connectivity index (χ0v) is 14.4. The Morgan fingerprint density at radius 1 is 0.917 bits per heavy atom. The summed E-state index contributed by atoms with van der Waals surface area (Å²) in [5, 5.41) is -0.574. The Morgan fingerprint density at radius 3 is 2.25 bits per heavy atom. The summed E-state index contributed by atoms with van der Waals surface area (Å²) in [4.78, 5) is 13.2. The first-order valence-corrected chi connectivity index (χ1v) is 9.45. The van der Waals surface area contributed by atoms with E-state index in [-0.39, 0.29) is 20.9 Å². The largest absolute Gasteiger partial charge is 0.440 e. The average Bonchev–Trinajstić information content (AvgIpc) is 3.09. The Hall–Kier alpha value is -2.31. The Bertz CT molecular complexity index is 956. The first-order valence-electron chi connectivity index (χ1n) is 7.15. The van der Waals surface area contributed by atoms with E-state index in [9.17, 15) is 13.2 Å². The zero-order chi connectivity index (χ0) is 17.2. The van der Waals surface area contributed by atoms with E-state index in [2.05, 4.69) is 0 Å². The molecule has 2 aromatic carbocycles. The van der Waals surface area contributed by atoms with Crippen LogP contribution < -0.4 is 0 Å². The summed E-state index contributed by atoms with van der Waals surface area (Å²) in [5.74, 6) is 0.00933. The molecule has 0 N–H and O–H groups in total. The van der Waals surface area contributed by atoms with Gasteiger partial charge in [-0.15, -0.1) is 0 Å². The zero-order valence-electron chi connectivity index (χ0n) is 12.8. The smallest absolute Gasteiger partial charge is 0.259 e. The molecule has 1 heterocycles. The Balaban J connectivity index is 1.82. The van der Waals surface area contributed by atoms with E-state index in [1.54, 1.807) is 18.2 Å². The van der Waals surface area contributed by atoms with Crippen molar-refractivity contribution in [1.29, 1.82) is 0 Å². The lowest BCUT2D eigenvalue weighted by Gasteiger charge is -2.01. The molecule has 0 radical (unpaired) electrons. The summed E-state index contributed by atoms with van der Waals surface area (Å²) in [6.45, 7) is 1.96. The molecule has 4 nitrogen and oxygen atoms in total. The highest BCUT2D eigenvalue weighted by atomic mass is 32.2. The molecule has 0 unspecified atom stereocenters. The second-order valence-corrected chi connectivity index (χ2v) is 8.06. The standard InChI is InChI=1S/C18H14O4S2/c1-13-7-9-14(10-8-13)23-18(19)16-11-12-17(22-16)24(20,21)15-5-3-2-4-6-15/h2-12H,1H3. The van der Waals surface area contributed by atoms with Crippen LogP contribution in [0.3, 0.4) is 0 Å². The van der Waals surface area contributed by atoms with Gasteiger partial charge in [0.2, 0.25) is 14.9 Å². The van der Waals surface area contributed by atoms with Gasteiger partial charge in [-0.25, -0.2) is 8.42 Å². The van der Waals surface area contributed by atoms with Crippen molar-refractivity contribution in [1.82, 2.24) is 0 Å². The lowest BCUT2D eigenvalue weighted by Crippen LogP contribution is -2.00. The van der Waals surface area contributed by atoms with Gasteiger partial charge in [0.15, 0.2) is 5.76 Å². The molecule has 0 aliphatic rings. The Kier molecular flexibility index (Phi) is 4.59. The topological polar surface area (TPSA) is 64.3 Å². The molecule has 24 heavy (non-hydrogen) atoms. The Labute approximate surface area is 144 Å². The van der Waals surface area contributed by atoms with Crippen molar-refractivity contribution >= 4 is 26.7 Å². The van der Waals surface area contributed by atoms with E-state index >= 15 is 0 Å². The number of furan rings is 1. The molecular weight excluding hydrogens is 344 g/mol. The van der Waals surface area contributed by atoms with Crippen molar-refractivity contribution in [2.75, 3.05) is 0 Å². The SMILES string of the molecule is Cc1ccc(SC(=O)c2ccc(S(=O)(=O)c3ccccc3)o2)cc1. The third kappa shape index (κ3) is 3.44. The van der Waals surface area contributed by atoms with Crippen molar-refractivity contribution in [2.24, 2.45) is 0 Å². The van der Waals surface area contributed by atoms with E-state index in [4.69, 9.17) is 4.42 Å². The molecule has 0 spiro atoms. The van der Waals surface area contributed by atoms with E-state index in [1.165, 1.54) is 24.3 Å². The lowest BCUT2D eigenvalue weighted by molar-refractivity contribution is 0.106. The minimum atomic E-state index is -3.76. The first-order chi connectivity index (χ1) is 11.5. The number of carbonyl (C=O) groups excluding carboxylic acids is 1. The quantitative estimate of drug-likeness (QED) is 0.649. The van der Waals surface area contributed by atoms with Crippen LogP contribution in [-0.2, 0) is 9.84 Å². The number of rotatable bonds is 4. The number of benzene rings is 2. The molecule has 3 aromatic rings. The first kappa shape index (κ1) is 16.5. The molecule has 3 rings (SSSR count). The molecule has 0 bridgehead atoms. The molecule has 0 atom stereocenters. The van der Waals surface area contributed by atoms with Crippen LogP contribution in [0, 0.1) is 6.92 Å². The summed E-state index contributed by atoms with van der Waals surface area (Å²) in [5.41, 5.74) is 1.10. The molecule has 0 amide bonds. The number of thioether (sulfide) groups is 1. The number of hydrogen-bond donors (Lipinski definition) is 0. The molecular formula is C18H14O4S2. The average molecular weight is 358 g/mol. The van der Waals surface area contributed by atoms with Gasteiger partial charge in [0, 0.05) is 4.90 Å². The summed E-state index contributed by atoms with van der Waals surface area (Å²) in [6.07, 6.45) is 0. The molecule has 0 saturated carbocycles. The maximum atomic E-state index is 12.5. The highest BCUT2D eigenvalue weighted by Crippen LogP contribution is 2.27. The number of sulfone groups is 1. The van der Waals surface area contributed by atoms with Crippen LogP contribution in [0.2, 0.25) is 0 Å². The van der Waals surface area contributed by atoms with Gasteiger partial charge in [-0.05, 0) is 55.1 Å². The van der Waals surface area contributed by atoms with Crippen LogP contribution in [-0.4, -0.2) is 13.5 Å². The van der Waals surface area contributed by atoms with Gasteiger partial charge >= 0.3 is 0 Å². The van der Waals surface area contributed by atoms with Crippen LogP contribution >= 0.6 is 11.8 Å². The minimum Gasteiger partial charge on any atom is -0.440 e. The highest BCUT2D eigenvalue weighted by molar-refractivity contribution is 8.14. The monoisotopic (exact) mass is 358 g/mol. The maximum absolute atomic E-state index is 12.5.